The van der Waals surface area contributed by atoms with Crippen LogP contribution in [0.15, 0.2) is 66.8 Å². The molecule has 3 rings (SSSR count). The summed E-state index contributed by atoms with van der Waals surface area (Å²) in [7, 11) is 0. The molecule has 0 heterocycles. The topological polar surface area (TPSA) is 78.9 Å². The number of ether oxygens (including phenoxy) is 3. The third-order valence-electron chi connectivity index (χ3n) is 5.10. The van der Waals surface area contributed by atoms with E-state index < -0.39 is 17.9 Å². The molecule has 0 aromatic heterocycles. The van der Waals surface area contributed by atoms with Gasteiger partial charge in [0.15, 0.2) is 0 Å². The zero-order valence-corrected chi connectivity index (χ0v) is 19.1. The molecule has 1 aliphatic rings. The van der Waals surface area contributed by atoms with Gasteiger partial charge in [-0.1, -0.05) is 25.8 Å². The standard InChI is InChI=1S/C27H26O6/c1-15(2)25(28)31-19-12-18(13-20(14-19)32-26(29)16(3)4)21-10-11-24(33-27(30)17(5)6)23-9-7-8-22(21)23/h10-14H,1,3,5,7-9H2,2,4,6H3. The molecule has 0 spiro atoms. The van der Waals surface area contributed by atoms with E-state index in [2.05, 4.69) is 19.7 Å². The fraction of sp³-hybridized carbons (Fsp3) is 0.222. The molecular formula is C27H26O6. The number of carbonyl (C=O) groups excluding carboxylic acids is 3. The maximum atomic E-state index is 12.1. The molecule has 33 heavy (non-hydrogen) atoms. The maximum Gasteiger partial charge on any atom is 0.338 e. The quantitative estimate of drug-likeness (QED) is 0.327. The van der Waals surface area contributed by atoms with Crippen molar-refractivity contribution >= 4 is 17.9 Å². The van der Waals surface area contributed by atoms with Crippen LogP contribution in [0.4, 0.5) is 0 Å². The average molecular weight is 446 g/mol. The zero-order chi connectivity index (χ0) is 24.3. The van der Waals surface area contributed by atoms with E-state index in [1.165, 1.54) is 6.07 Å². The lowest BCUT2D eigenvalue weighted by molar-refractivity contribution is -0.131. The van der Waals surface area contributed by atoms with E-state index in [1.54, 1.807) is 39.0 Å². The largest absolute Gasteiger partial charge is 0.423 e. The van der Waals surface area contributed by atoms with E-state index in [-0.39, 0.29) is 22.6 Å². The minimum Gasteiger partial charge on any atom is -0.423 e. The van der Waals surface area contributed by atoms with E-state index in [1.807, 2.05) is 6.07 Å². The van der Waals surface area contributed by atoms with E-state index in [4.69, 9.17) is 14.2 Å². The second-order valence-corrected chi connectivity index (χ2v) is 8.12. The van der Waals surface area contributed by atoms with Crippen molar-refractivity contribution in [3.05, 3.63) is 77.9 Å². The number of rotatable bonds is 7. The summed E-state index contributed by atoms with van der Waals surface area (Å²) < 4.78 is 16.3. The predicted octanol–water partition coefficient (Wildman–Crippen LogP) is 5.29. The Bertz CT molecular complexity index is 1160. The highest BCUT2D eigenvalue weighted by atomic mass is 16.5. The molecule has 0 saturated carbocycles. The Morgan fingerprint density at radius 1 is 0.697 bits per heavy atom. The highest BCUT2D eigenvalue weighted by Crippen LogP contribution is 2.40. The summed E-state index contributed by atoms with van der Waals surface area (Å²) in [5.41, 5.74) is 4.35. The van der Waals surface area contributed by atoms with Crippen LogP contribution >= 0.6 is 0 Å². The van der Waals surface area contributed by atoms with Gasteiger partial charge in [-0.25, -0.2) is 14.4 Å². The highest BCUT2D eigenvalue weighted by Gasteiger charge is 2.23. The van der Waals surface area contributed by atoms with Crippen molar-refractivity contribution in [3.8, 4) is 28.4 Å². The fourth-order valence-corrected chi connectivity index (χ4v) is 3.46. The van der Waals surface area contributed by atoms with Crippen molar-refractivity contribution in [2.75, 3.05) is 0 Å². The molecular weight excluding hydrogens is 420 g/mol. The summed E-state index contributed by atoms with van der Waals surface area (Å²) >= 11 is 0. The van der Waals surface area contributed by atoms with E-state index in [9.17, 15) is 14.4 Å². The maximum absolute atomic E-state index is 12.1. The third-order valence-corrected chi connectivity index (χ3v) is 5.10. The summed E-state index contributed by atoms with van der Waals surface area (Å²) in [4.78, 5) is 36.2. The smallest absolute Gasteiger partial charge is 0.338 e. The van der Waals surface area contributed by atoms with E-state index in [0.717, 1.165) is 36.0 Å². The lowest BCUT2D eigenvalue weighted by Gasteiger charge is -2.15. The minimum atomic E-state index is -0.586. The number of esters is 3. The molecule has 0 fully saturated rings. The van der Waals surface area contributed by atoms with Gasteiger partial charge in [0, 0.05) is 22.8 Å². The second-order valence-electron chi connectivity index (χ2n) is 8.12. The number of benzene rings is 2. The first-order valence-electron chi connectivity index (χ1n) is 10.5. The van der Waals surface area contributed by atoms with Gasteiger partial charge in [0.05, 0.1) is 0 Å². The molecule has 0 bridgehead atoms. The molecule has 0 atom stereocenters. The van der Waals surface area contributed by atoms with Gasteiger partial charge in [0.2, 0.25) is 0 Å². The molecule has 1 aliphatic carbocycles. The molecule has 2 aromatic carbocycles. The Kier molecular flexibility index (Phi) is 6.97. The van der Waals surface area contributed by atoms with Crippen LogP contribution in [-0.4, -0.2) is 17.9 Å². The second kappa shape index (κ2) is 9.69. The average Bonchev–Trinajstić information content (AvgIpc) is 3.23. The van der Waals surface area contributed by atoms with Crippen LogP contribution in [-0.2, 0) is 27.2 Å². The van der Waals surface area contributed by atoms with Gasteiger partial charge >= 0.3 is 17.9 Å². The molecule has 0 N–H and O–H groups in total. The van der Waals surface area contributed by atoms with Crippen LogP contribution in [0.25, 0.3) is 11.1 Å². The molecule has 0 radical (unpaired) electrons. The summed E-state index contributed by atoms with van der Waals surface area (Å²) in [6, 6.07) is 8.45. The van der Waals surface area contributed by atoms with Gasteiger partial charge in [-0.05, 0) is 80.5 Å². The van der Waals surface area contributed by atoms with Crippen LogP contribution in [0.2, 0.25) is 0 Å². The summed E-state index contributed by atoms with van der Waals surface area (Å²) in [6.07, 6.45) is 2.47. The first kappa shape index (κ1) is 23.7. The Hall–Kier alpha value is -3.93. The van der Waals surface area contributed by atoms with Crippen molar-refractivity contribution < 1.29 is 28.6 Å². The van der Waals surface area contributed by atoms with Crippen LogP contribution in [0.3, 0.4) is 0 Å². The van der Waals surface area contributed by atoms with Crippen molar-refractivity contribution in [3.63, 3.8) is 0 Å². The Labute approximate surface area is 193 Å². The number of carbonyl (C=O) groups is 3. The molecule has 170 valence electrons. The SMILES string of the molecule is C=C(C)C(=O)Oc1cc(OC(=O)C(=C)C)cc(-c2ccc(OC(=O)C(=C)C)c3c2CCC3)c1. The first-order chi connectivity index (χ1) is 15.6. The third kappa shape index (κ3) is 5.47. The Morgan fingerprint density at radius 3 is 1.70 bits per heavy atom. The molecule has 0 aliphatic heterocycles. The van der Waals surface area contributed by atoms with Crippen molar-refractivity contribution in [1.82, 2.24) is 0 Å². The monoisotopic (exact) mass is 446 g/mol. The van der Waals surface area contributed by atoms with Crippen LogP contribution in [0.5, 0.6) is 17.2 Å². The van der Waals surface area contributed by atoms with E-state index in [0.29, 0.717) is 16.9 Å². The van der Waals surface area contributed by atoms with Gasteiger partial charge in [0.1, 0.15) is 17.2 Å². The van der Waals surface area contributed by atoms with Gasteiger partial charge in [-0.15, -0.1) is 0 Å². The fourth-order valence-electron chi connectivity index (χ4n) is 3.46. The van der Waals surface area contributed by atoms with E-state index >= 15 is 0 Å². The zero-order valence-electron chi connectivity index (χ0n) is 19.1. The molecule has 6 nitrogen and oxygen atoms in total. The van der Waals surface area contributed by atoms with Gasteiger partial charge in [0.25, 0.3) is 0 Å². The minimum absolute atomic E-state index is 0.217. The van der Waals surface area contributed by atoms with Gasteiger partial charge in [-0.3, -0.25) is 0 Å². The molecule has 0 saturated heterocycles. The summed E-state index contributed by atoms with van der Waals surface area (Å²) in [5, 5.41) is 0. The summed E-state index contributed by atoms with van der Waals surface area (Å²) in [6.45, 7) is 15.5. The van der Waals surface area contributed by atoms with Gasteiger partial charge in [-0.2, -0.15) is 0 Å². The van der Waals surface area contributed by atoms with Crippen LogP contribution in [0, 0.1) is 0 Å². The number of hydrogen-bond donors (Lipinski definition) is 0. The Morgan fingerprint density at radius 2 is 1.18 bits per heavy atom. The van der Waals surface area contributed by atoms with Crippen molar-refractivity contribution in [1.29, 1.82) is 0 Å². The first-order valence-corrected chi connectivity index (χ1v) is 10.5. The van der Waals surface area contributed by atoms with Crippen LogP contribution < -0.4 is 14.2 Å². The van der Waals surface area contributed by atoms with Crippen molar-refractivity contribution in [2.24, 2.45) is 0 Å². The number of fused-ring (bicyclic) bond motifs is 1. The lowest BCUT2D eigenvalue weighted by atomic mass is 9.96. The molecule has 0 amide bonds. The Balaban J connectivity index is 2.08. The van der Waals surface area contributed by atoms with Crippen LogP contribution in [0.1, 0.15) is 38.3 Å². The highest BCUT2D eigenvalue weighted by molar-refractivity contribution is 5.91. The molecule has 0 unspecified atom stereocenters. The van der Waals surface area contributed by atoms with Crippen molar-refractivity contribution in [2.45, 2.75) is 40.0 Å². The normalized spacial score (nSPS) is 11.8. The molecule has 6 heteroatoms. The number of hydrogen-bond acceptors (Lipinski definition) is 6. The molecule has 2 aromatic rings. The predicted molar refractivity (Wildman–Crippen MR) is 125 cm³/mol. The lowest BCUT2D eigenvalue weighted by Crippen LogP contribution is -2.11. The van der Waals surface area contributed by atoms with Gasteiger partial charge < -0.3 is 14.2 Å². The summed E-state index contributed by atoms with van der Waals surface area (Å²) in [5.74, 6) is -0.699.